The van der Waals surface area contributed by atoms with Gasteiger partial charge in [0.25, 0.3) is 0 Å². The van der Waals surface area contributed by atoms with Gasteiger partial charge in [0.1, 0.15) is 0 Å². The molecule has 0 aliphatic carbocycles. The first-order chi connectivity index (χ1) is 8.89. The molecule has 1 aliphatic rings. The molecule has 5 heteroatoms. The van der Waals surface area contributed by atoms with Crippen LogP contribution < -0.4 is 0 Å². The summed E-state index contributed by atoms with van der Waals surface area (Å²) in [4.78, 5) is 12.5. The molecule has 1 aromatic carbocycles. The van der Waals surface area contributed by atoms with Crippen LogP contribution >= 0.6 is 0 Å². The van der Waals surface area contributed by atoms with Gasteiger partial charge in [-0.1, -0.05) is 37.3 Å². The van der Waals surface area contributed by atoms with Crippen LogP contribution in [0.15, 0.2) is 30.3 Å². The molecule has 19 heavy (non-hydrogen) atoms. The molecule has 0 saturated carbocycles. The van der Waals surface area contributed by atoms with Gasteiger partial charge in [0.2, 0.25) is 0 Å². The Kier molecular flexibility index (Phi) is 3.83. The summed E-state index contributed by atoms with van der Waals surface area (Å²) in [5.74, 6) is -1.41. The van der Waals surface area contributed by atoms with E-state index in [9.17, 15) is 18.0 Å². The van der Waals surface area contributed by atoms with Gasteiger partial charge in [-0.05, 0) is 24.3 Å². The topological polar surface area (TPSA) is 20.3 Å². The fourth-order valence-electron chi connectivity index (χ4n) is 2.54. The Bertz CT molecular complexity index is 444. The van der Waals surface area contributed by atoms with Crippen LogP contribution in [0.25, 0.3) is 0 Å². The molecule has 0 unspecified atom stereocenters. The van der Waals surface area contributed by atoms with E-state index in [-0.39, 0.29) is 6.54 Å². The summed E-state index contributed by atoms with van der Waals surface area (Å²) in [6.07, 6.45) is -3.61. The molecule has 104 valence electrons. The third-order valence-electron chi connectivity index (χ3n) is 3.55. The summed E-state index contributed by atoms with van der Waals surface area (Å²) in [5, 5.41) is 0. The Morgan fingerprint density at radius 3 is 2.47 bits per heavy atom. The van der Waals surface area contributed by atoms with E-state index < -0.39 is 18.1 Å². The number of piperidine rings is 1. The molecule has 2 nitrogen and oxygen atoms in total. The van der Waals surface area contributed by atoms with Gasteiger partial charge < -0.3 is 4.90 Å². The number of carbonyl (C=O) groups excluding carboxylic acids is 1. The average Bonchev–Trinajstić information content (AvgIpc) is 2.38. The summed E-state index contributed by atoms with van der Waals surface area (Å²) in [6, 6.07) is 8.46. The number of carbonyl (C=O) groups is 1. The lowest BCUT2D eigenvalue weighted by Crippen LogP contribution is -2.46. The average molecular weight is 271 g/mol. The number of hydrogen-bond donors (Lipinski definition) is 0. The minimum absolute atomic E-state index is 0.166. The van der Waals surface area contributed by atoms with Gasteiger partial charge in [-0.15, -0.1) is 0 Å². The highest BCUT2D eigenvalue weighted by Gasteiger charge is 2.46. The second-order valence-electron chi connectivity index (χ2n) is 5.05. The van der Waals surface area contributed by atoms with Crippen molar-refractivity contribution in [2.24, 2.45) is 5.92 Å². The second kappa shape index (κ2) is 5.23. The van der Waals surface area contributed by atoms with Crippen LogP contribution in [-0.4, -0.2) is 23.5 Å². The molecule has 0 N–H and O–H groups in total. The first-order valence-corrected chi connectivity index (χ1v) is 6.32. The molecule has 1 fully saturated rings. The number of hydrogen-bond acceptors (Lipinski definition) is 1. The number of halogens is 3. The van der Waals surface area contributed by atoms with E-state index in [1.165, 1.54) is 0 Å². The lowest BCUT2D eigenvalue weighted by Gasteiger charge is -2.39. The first kappa shape index (κ1) is 13.9. The minimum Gasteiger partial charge on any atom is -0.328 e. The van der Waals surface area contributed by atoms with Gasteiger partial charge in [0.15, 0.2) is 0 Å². The van der Waals surface area contributed by atoms with Crippen molar-refractivity contribution in [3.8, 4) is 0 Å². The molecular weight excluding hydrogens is 255 g/mol. The van der Waals surface area contributed by atoms with Crippen LogP contribution in [0.3, 0.4) is 0 Å². The molecule has 0 radical (unpaired) electrons. The van der Waals surface area contributed by atoms with Gasteiger partial charge in [-0.3, -0.25) is 4.79 Å². The molecule has 1 amide bonds. The number of rotatable bonds is 1. The van der Waals surface area contributed by atoms with Crippen LogP contribution in [0.4, 0.5) is 13.2 Å². The summed E-state index contributed by atoms with van der Waals surface area (Å²) < 4.78 is 37.9. The van der Waals surface area contributed by atoms with Crippen molar-refractivity contribution >= 4 is 5.91 Å². The lowest BCUT2D eigenvalue weighted by molar-refractivity contribution is -0.190. The highest BCUT2D eigenvalue weighted by molar-refractivity contribution is 5.82. The number of likely N-dealkylation sites (tertiary alicyclic amines) is 1. The van der Waals surface area contributed by atoms with Gasteiger partial charge in [-0.25, -0.2) is 0 Å². The molecule has 2 atom stereocenters. The monoisotopic (exact) mass is 271 g/mol. The van der Waals surface area contributed by atoms with Crippen molar-refractivity contribution in [3.05, 3.63) is 35.9 Å². The van der Waals surface area contributed by atoms with Crippen LogP contribution in [0.2, 0.25) is 0 Å². The predicted molar refractivity (Wildman–Crippen MR) is 65.3 cm³/mol. The van der Waals surface area contributed by atoms with E-state index in [1.807, 2.05) is 13.0 Å². The summed E-state index contributed by atoms with van der Waals surface area (Å²) >= 11 is 0. The minimum atomic E-state index is -4.80. The number of alkyl halides is 3. The maximum Gasteiger partial charge on any atom is 0.471 e. The van der Waals surface area contributed by atoms with Crippen molar-refractivity contribution in [2.75, 3.05) is 6.54 Å². The van der Waals surface area contributed by atoms with E-state index in [4.69, 9.17) is 0 Å². The predicted octanol–water partition coefficient (Wildman–Crippen LogP) is 3.55. The number of benzene rings is 1. The van der Waals surface area contributed by atoms with E-state index in [0.717, 1.165) is 10.5 Å². The van der Waals surface area contributed by atoms with Gasteiger partial charge in [-0.2, -0.15) is 13.2 Å². The van der Waals surface area contributed by atoms with Crippen molar-refractivity contribution in [1.29, 1.82) is 0 Å². The zero-order chi connectivity index (χ0) is 14.0. The normalized spacial score (nSPS) is 24.3. The Balaban J connectivity index is 2.28. The third-order valence-corrected chi connectivity index (χ3v) is 3.55. The number of amides is 1. The largest absolute Gasteiger partial charge is 0.471 e. The maximum atomic E-state index is 12.6. The van der Waals surface area contributed by atoms with E-state index in [2.05, 4.69) is 0 Å². The van der Waals surface area contributed by atoms with E-state index >= 15 is 0 Å². The van der Waals surface area contributed by atoms with Crippen LogP contribution in [0.5, 0.6) is 0 Å². The van der Waals surface area contributed by atoms with Gasteiger partial charge in [0, 0.05) is 6.54 Å². The smallest absolute Gasteiger partial charge is 0.328 e. The van der Waals surface area contributed by atoms with E-state index in [0.29, 0.717) is 18.8 Å². The molecular formula is C14H16F3NO. The zero-order valence-corrected chi connectivity index (χ0v) is 10.7. The first-order valence-electron chi connectivity index (χ1n) is 6.32. The van der Waals surface area contributed by atoms with Crippen LogP contribution in [0.1, 0.15) is 31.4 Å². The highest BCUT2D eigenvalue weighted by atomic mass is 19.4. The fourth-order valence-corrected chi connectivity index (χ4v) is 2.54. The SMILES string of the molecule is C[C@@H]1CCN(C(=O)C(F)(F)F)[C@H](c2ccccc2)C1. The standard InChI is InChI=1S/C14H16F3NO/c1-10-7-8-18(13(19)14(15,16)17)12(9-10)11-5-3-2-4-6-11/h2-6,10,12H,7-9H2,1H3/t10-,12+/m1/s1. The van der Waals surface area contributed by atoms with Gasteiger partial charge >= 0.3 is 12.1 Å². The quantitative estimate of drug-likeness (QED) is 0.765. The Morgan fingerprint density at radius 1 is 1.26 bits per heavy atom. The van der Waals surface area contributed by atoms with Crippen molar-refractivity contribution in [2.45, 2.75) is 32.0 Å². The Morgan fingerprint density at radius 2 is 1.89 bits per heavy atom. The maximum absolute atomic E-state index is 12.6. The Labute approximate surface area is 110 Å². The van der Waals surface area contributed by atoms with Crippen LogP contribution in [0, 0.1) is 5.92 Å². The Hall–Kier alpha value is -1.52. The van der Waals surface area contributed by atoms with Crippen molar-refractivity contribution < 1.29 is 18.0 Å². The third kappa shape index (κ3) is 3.08. The highest BCUT2D eigenvalue weighted by Crippen LogP contribution is 2.36. The summed E-state index contributed by atoms with van der Waals surface area (Å²) in [5.41, 5.74) is 0.770. The van der Waals surface area contributed by atoms with E-state index in [1.54, 1.807) is 24.3 Å². The molecule has 0 spiro atoms. The van der Waals surface area contributed by atoms with Crippen molar-refractivity contribution in [1.82, 2.24) is 4.90 Å². The fraction of sp³-hybridized carbons (Fsp3) is 0.500. The summed E-state index contributed by atoms with van der Waals surface area (Å²) in [6.45, 7) is 2.17. The lowest BCUT2D eigenvalue weighted by atomic mass is 9.88. The molecule has 1 aliphatic heterocycles. The molecule has 1 saturated heterocycles. The van der Waals surface area contributed by atoms with Crippen LogP contribution in [-0.2, 0) is 4.79 Å². The summed E-state index contributed by atoms with van der Waals surface area (Å²) in [7, 11) is 0. The molecule has 1 aromatic rings. The molecule has 2 rings (SSSR count). The van der Waals surface area contributed by atoms with Crippen molar-refractivity contribution in [3.63, 3.8) is 0 Å². The van der Waals surface area contributed by atoms with Gasteiger partial charge in [0.05, 0.1) is 6.04 Å². The molecule has 0 aromatic heterocycles. The molecule has 0 bridgehead atoms. The second-order valence-corrected chi connectivity index (χ2v) is 5.05. The zero-order valence-electron chi connectivity index (χ0n) is 10.7. The number of nitrogens with zero attached hydrogens (tertiary/aromatic N) is 1. The molecule has 1 heterocycles.